The van der Waals surface area contributed by atoms with E-state index in [4.69, 9.17) is 5.73 Å². The van der Waals surface area contributed by atoms with Crippen LogP contribution in [0.15, 0.2) is 0 Å². The summed E-state index contributed by atoms with van der Waals surface area (Å²) < 4.78 is 0. The van der Waals surface area contributed by atoms with Crippen LogP contribution in [0.1, 0.15) is 65.2 Å². The fraction of sp³-hybridized carbons (Fsp3) is 0.900. The second kappa shape index (κ2) is 8.70. The van der Waals surface area contributed by atoms with Crippen LogP contribution < -0.4 is 21.7 Å². The molecule has 1 heterocycles. The lowest BCUT2D eigenvalue weighted by Gasteiger charge is -2.36. The van der Waals surface area contributed by atoms with Gasteiger partial charge < -0.3 is 21.7 Å². The number of hydrogen-bond acceptors (Lipinski definition) is 4. The van der Waals surface area contributed by atoms with Gasteiger partial charge in [0.2, 0.25) is 11.8 Å². The minimum atomic E-state index is -0.0324. The van der Waals surface area contributed by atoms with E-state index in [-0.39, 0.29) is 29.9 Å². The molecule has 0 bridgehead atoms. The average molecular weight is 365 g/mol. The van der Waals surface area contributed by atoms with E-state index in [1.807, 2.05) is 0 Å². The fourth-order valence-electron chi connectivity index (χ4n) is 5.23. The Morgan fingerprint density at radius 2 is 1.58 bits per heavy atom. The quantitative estimate of drug-likeness (QED) is 0.591. The second-order valence-corrected chi connectivity index (χ2v) is 8.84. The van der Waals surface area contributed by atoms with Gasteiger partial charge in [0.1, 0.15) is 0 Å². The minimum Gasteiger partial charge on any atom is -0.353 e. The molecule has 0 aromatic rings. The number of hydrogen-bond donors (Lipinski definition) is 4. The van der Waals surface area contributed by atoms with Gasteiger partial charge >= 0.3 is 0 Å². The maximum Gasteiger partial charge on any atom is 0.237 e. The Kier molecular flexibility index (Phi) is 6.56. The summed E-state index contributed by atoms with van der Waals surface area (Å²) in [5.41, 5.74) is 5.42. The van der Waals surface area contributed by atoms with Gasteiger partial charge in [-0.1, -0.05) is 20.3 Å². The summed E-state index contributed by atoms with van der Waals surface area (Å²) in [5, 5.41) is 9.94. The van der Waals surface area contributed by atoms with E-state index in [0.29, 0.717) is 36.8 Å². The van der Waals surface area contributed by atoms with Crippen molar-refractivity contribution < 1.29 is 9.59 Å². The first-order valence-electron chi connectivity index (χ1n) is 10.5. The van der Waals surface area contributed by atoms with Crippen molar-refractivity contribution in [2.45, 2.75) is 89.4 Å². The van der Waals surface area contributed by atoms with Crippen molar-refractivity contribution in [3.63, 3.8) is 0 Å². The number of carbonyl (C=O) groups is 2. The van der Waals surface area contributed by atoms with Gasteiger partial charge in [-0.2, -0.15) is 0 Å². The molecule has 6 heteroatoms. The molecule has 148 valence electrons. The molecule has 2 amide bonds. The molecule has 6 nitrogen and oxygen atoms in total. The summed E-state index contributed by atoms with van der Waals surface area (Å²) in [7, 11) is 0. The third-order valence-corrected chi connectivity index (χ3v) is 6.91. The predicted octanol–water partition coefficient (Wildman–Crippen LogP) is 1.29. The van der Waals surface area contributed by atoms with Crippen LogP contribution in [0.5, 0.6) is 0 Å². The molecule has 5 unspecified atom stereocenters. The molecule has 5 N–H and O–H groups in total. The third-order valence-electron chi connectivity index (χ3n) is 6.91. The summed E-state index contributed by atoms with van der Waals surface area (Å²) in [4.78, 5) is 24.4. The number of nitrogens with two attached hydrogens (primary N) is 1. The number of amides is 2. The molecule has 0 radical (unpaired) electrons. The number of nitrogens with one attached hydrogen (secondary N) is 3. The summed E-state index contributed by atoms with van der Waals surface area (Å²) in [6.07, 6.45) is 7.66. The molecule has 3 fully saturated rings. The number of rotatable bonds is 5. The van der Waals surface area contributed by atoms with Crippen LogP contribution in [0.3, 0.4) is 0 Å². The van der Waals surface area contributed by atoms with E-state index in [9.17, 15) is 9.59 Å². The molecule has 1 aliphatic heterocycles. The highest BCUT2D eigenvalue weighted by Crippen LogP contribution is 2.40. The lowest BCUT2D eigenvalue weighted by Crippen LogP contribution is -2.50. The molecule has 0 aromatic carbocycles. The predicted molar refractivity (Wildman–Crippen MR) is 102 cm³/mol. The molecule has 5 atom stereocenters. The Bertz CT molecular complexity index is 486. The van der Waals surface area contributed by atoms with Gasteiger partial charge in [0.05, 0.1) is 6.04 Å². The topological polar surface area (TPSA) is 96.2 Å². The average Bonchev–Trinajstić information content (AvgIpc) is 3.07. The van der Waals surface area contributed by atoms with Crippen LogP contribution in [0.2, 0.25) is 0 Å². The normalized spacial score (nSPS) is 39.9. The highest BCUT2D eigenvalue weighted by atomic mass is 16.2. The van der Waals surface area contributed by atoms with Crippen molar-refractivity contribution in [3.05, 3.63) is 0 Å². The second-order valence-electron chi connectivity index (χ2n) is 8.84. The Hall–Kier alpha value is -1.14. The van der Waals surface area contributed by atoms with Gasteiger partial charge in [-0.25, -0.2) is 0 Å². The van der Waals surface area contributed by atoms with Crippen molar-refractivity contribution >= 4 is 11.8 Å². The first-order chi connectivity index (χ1) is 12.5. The fourth-order valence-corrected chi connectivity index (χ4v) is 5.23. The van der Waals surface area contributed by atoms with E-state index >= 15 is 0 Å². The minimum absolute atomic E-state index is 0.0324. The Balaban J connectivity index is 1.43. The van der Waals surface area contributed by atoms with Crippen molar-refractivity contribution in [1.82, 2.24) is 16.0 Å². The summed E-state index contributed by atoms with van der Waals surface area (Å²) >= 11 is 0. The summed E-state index contributed by atoms with van der Waals surface area (Å²) in [6.45, 7) is 5.05. The van der Waals surface area contributed by atoms with Crippen molar-refractivity contribution in [1.29, 1.82) is 0 Å². The Morgan fingerprint density at radius 3 is 2.19 bits per heavy atom. The molecule has 3 rings (SSSR count). The van der Waals surface area contributed by atoms with Crippen molar-refractivity contribution in [3.8, 4) is 0 Å². The smallest absolute Gasteiger partial charge is 0.237 e. The lowest BCUT2D eigenvalue weighted by atomic mass is 9.72. The number of fused-ring (bicyclic) bond motifs is 1. The van der Waals surface area contributed by atoms with E-state index in [1.54, 1.807) is 0 Å². The molecule has 0 spiro atoms. The van der Waals surface area contributed by atoms with E-state index < -0.39 is 0 Å². The van der Waals surface area contributed by atoms with Gasteiger partial charge in [0.15, 0.2) is 0 Å². The lowest BCUT2D eigenvalue weighted by molar-refractivity contribution is -0.124. The van der Waals surface area contributed by atoms with Gasteiger partial charge in [-0.15, -0.1) is 0 Å². The van der Waals surface area contributed by atoms with E-state index in [2.05, 4.69) is 29.8 Å². The molecule has 1 saturated heterocycles. The first kappa shape index (κ1) is 19.6. The molecule has 2 aliphatic carbocycles. The summed E-state index contributed by atoms with van der Waals surface area (Å²) in [6, 6.07) is 0.943. The van der Waals surface area contributed by atoms with Gasteiger partial charge in [-0.05, 0) is 56.3 Å². The van der Waals surface area contributed by atoms with E-state index in [1.165, 1.54) is 12.8 Å². The largest absolute Gasteiger partial charge is 0.353 e. The van der Waals surface area contributed by atoms with Crippen LogP contribution >= 0.6 is 0 Å². The molecular weight excluding hydrogens is 328 g/mol. The Morgan fingerprint density at radius 1 is 0.962 bits per heavy atom. The molecule has 0 aromatic heterocycles. The van der Waals surface area contributed by atoms with Crippen LogP contribution in [0.4, 0.5) is 0 Å². The maximum absolute atomic E-state index is 12.8. The van der Waals surface area contributed by atoms with Crippen molar-refractivity contribution in [2.75, 3.05) is 6.54 Å². The van der Waals surface area contributed by atoms with Crippen LogP contribution in [-0.4, -0.2) is 42.5 Å². The summed E-state index contributed by atoms with van der Waals surface area (Å²) in [5.74, 6) is 2.24. The highest BCUT2D eigenvalue weighted by Gasteiger charge is 2.44. The third kappa shape index (κ3) is 4.58. The molecule has 2 saturated carbocycles. The van der Waals surface area contributed by atoms with Crippen LogP contribution in [0.25, 0.3) is 0 Å². The van der Waals surface area contributed by atoms with Crippen LogP contribution in [-0.2, 0) is 9.59 Å². The highest BCUT2D eigenvalue weighted by molar-refractivity contribution is 5.82. The van der Waals surface area contributed by atoms with Crippen molar-refractivity contribution in [2.24, 2.45) is 23.5 Å². The zero-order valence-electron chi connectivity index (χ0n) is 16.3. The van der Waals surface area contributed by atoms with Gasteiger partial charge in [-0.3, -0.25) is 9.59 Å². The standard InChI is InChI=1S/C20H36N4O2/c1-12-3-4-13(2)19-16(12)11-17(24-19)20(26)23-15-7-5-14(6-8-15)22-18(25)9-10-21/h12-17,19,24H,3-11,21H2,1-2H3,(H,22,25)(H,23,26). The monoisotopic (exact) mass is 364 g/mol. The molecule has 26 heavy (non-hydrogen) atoms. The molecule has 3 aliphatic rings. The first-order valence-corrected chi connectivity index (χ1v) is 10.5. The Labute approximate surface area is 157 Å². The van der Waals surface area contributed by atoms with Gasteiger partial charge in [0, 0.05) is 31.1 Å². The molecular formula is C20H36N4O2. The van der Waals surface area contributed by atoms with Crippen LogP contribution in [0, 0.1) is 17.8 Å². The van der Waals surface area contributed by atoms with E-state index in [0.717, 1.165) is 32.1 Å². The maximum atomic E-state index is 12.8. The zero-order valence-corrected chi connectivity index (χ0v) is 16.3. The van der Waals surface area contributed by atoms with Gasteiger partial charge in [0.25, 0.3) is 0 Å². The zero-order chi connectivity index (χ0) is 18.7. The number of carbonyl (C=O) groups excluding carboxylic acids is 2. The SMILES string of the molecule is CC1CCC(C)C2NC(C(=O)NC3CCC(NC(=O)CCN)CC3)CC12.